The van der Waals surface area contributed by atoms with Crippen LogP contribution >= 0.6 is 11.6 Å². The van der Waals surface area contributed by atoms with E-state index in [1.165, 1.54) is 0 Å². The molecule has 0 amide bonds. The highest BCUT2D eigenvalue weighted by molar-refractivity contribution is 6.32. The van der Waals surface area contributed by atoms with E-state index in [2.05, 4.69) is 11.8 Å². The van der Waals surface area contributed by atoms with E-state index in [0.29, 0.717) is 0 Å². The first kappa shape index (κ1) is 12.9. The number of halogens is 2. The van der Waals surface area contributed by atoms with Crippen molar-refractivity contribution in [3.8, 4) is 11.8 Å². The number of carboxylic acids is 1. The van der Waals surface area contributed by atoms with Crippen LogP contribution in [0, 0.1) is 27.8 Å². The third kappa shape index (κ3) is 3.43. The molecule has 17 heavy (non-hydrogen) atoms. The average Bonchev–Trinajstić information content (AvgIpc) is 2.21. The summed E-state index contributed by atoms with van der Waals surface area (Å²) in [5.41, 5.74) is -0.741. The van der Waals surface area contributed by atoms with Crippen molar-refractivity contribution in [2.75, 3.05) is 0 Å². The zero-order valence-corrected chi connectivity index (χ0v) is 8.99. The van der Waals surface area contributed by atoms with Gasteiger partial charge in [0.15, 0.2) is 0 Å². The number of aliphatic carboxylic acids is 1. The number of benzene rings is 1. The maximum Gasteiger partial charge on any atom is 0.315 e. The Morgan fingerprint density at radius 1 is 1.59 bits per heavy atom. The predicted molar refractivity (Wildman–Crippen MR) is 57.2 cm³/mol. The van der Waals surface area contributed by atoms with Crippen LogP contribution in [0.5, 0.6) is 0 Å². The lowest BCUT2D eigenvalue weighted by molar-refractivity contribution is -0.387. The van der Waals surface area contributed by atoms with Crippen molar-refractivity contribution in [3.05, 3.63) is 38.7 Å². The zero-order valence-electron chi connectivity index (χ0n) is 8.24. The van der Waals surface area contributed by atoms with Gasteiger partial charge in [-0.2, -0.15) is 4.39 Å². The molecule has 0 fully saturated rings. The molecule has 1 aromatic carbocycles. The summed E-state index contributed by atoms with van der Waals surface area (Å²) in [7, 11) is 0. The van der Waals surface area contributed by atoms with Gasteiger partial charge in [0.05, 0.1) is 9.95 Å². The zero-order chi connectivity index (χ0) is 13.0. The van der Waals surface area contributed by atoms with Crippen molar-refractivity contribution in [2.45, 2.75) is 6.42 Å². The highest BCUT2D eigenvalue weighted by Gasteiger charge is 2.16. The maximum absolute atomic E-state index is 13.2. The number of nitrogens with zero attached hydrogens (tertiary/aromatic N) is 1. The second-order valence-electron chi connectivity index (χ2n) is 2.91. The summed E-state index contributed by atoms with van der Waals surface area (Å²) in [5, 5.41) is 18.6. The molecule has 0 heterocycles. The van der Waals surface area contributed by atoms with E-state index in [1.54, 1.807) is 0 Å². The molecule has 0 bridgehead atoms. The fourth-order valence-electron chi connectivity index (χ4n) is 0.987. The lowest BCUT2D eigenvalue weighted by Gasteiger charge is -1.97. The van der Waals surface area contributed by atoms with Gasteiger partial charge in [-0.1, -0.05) is 23.4 Å². The molecule has 0 saturated heterocycles. The quantitative estimate of drug-likeness (QED) is 0.500. The number of nitro groups is 1. The summed E-state index contributed by atoms with van der Waals surface area (Å²) in [6.45, 7) is 0. The minimum Gasteiger partial charge on any atom is -0.481 e. The molecule has 0 radical (unpaired) electrons. The molecule has 1 N–H and O–H groups in total. The molecular formula is C10H5ClFNO4. The molecule has 0 atom stereocenters. The summed E-state index contributed by atoms with van der Waals surface area (Å²) in [4.78, 5) is 19.7. The predicted octanol–water partition coefficient (Wildman–Crippen LogP) is 2.21. The van der Waals surface area contributed by atoms with Gasteiger partial charge < -0.3 is 5.11 Å². The SMILES string of the molecule is O=C(O)CC#Cc1cc(F)c([N+](=O)[O-])cc1Cl. The third-order valence-corrected chi connectivity index (χ3v) is 2.01. The van der Waals surface area contributed by atoms with Gasteiger partial charge in [-0.3, -0.25) is 14.9 Å². The highest BCUT2D eigenvalue weighted by atomic mass is 35.5. The fourth-order valence-corrected chi connectivity index (χ4v) is 1.19. The van der Waals surface area contributed by atoms with Crippen LogP contribution in [0.4, 0.5) is 10.1 Å². The van der Waals surface area contributed by atoms with Crippen LogP contribution in [0.25, 0.3) is 0 Å². The maximum atomic E-state index is 13.2. The van der Waals surface area contributed by atoms with Crippen molar-refractivity contribution >= 4 is 23.3 Å². The Balaban J connectivity index is 3.10. The Kier molecular flexibility index (Phi) is 4.01. The molecule has 0 aliphatic carbocycles. The monoisotopic (exact) mass is 257 g/mol. The van der Waals surface area contributed by atoms with Gasteiger partial charge in [-0.05, 0) is 6.07 Å². The highest BCUT2D eigenvalue weighted by Crippen LogP contribution is 2.25. The lowest BCUT2D eigenvalue weighted by Crippen LogP contribution is -1.94. The van der Waals surface area contributed by atoms with Gasteiger partial charge in [-0.15, -0.1) is 0 Å². The molecule has 88 valence electrons. The lowest BCUT2D eigenvalue weighted by atomic mass is 10.2. The first-order valence-corrected chi connectivity index (χ1v) is 4.63. The molecule has 5 nitrogen and oxygen atoms in total. The van der Waals surface area contributed by atoms with Crippen molar-refractivity contribution in [1.29, 1.82) is 0 Å². The van der Waals surface area contributed by atoms with E-state index in [4.69, 9.17) is 16.7 Å². The molecular weight excluding hydrogens is 253 g/mol. The first-order valence-electron chi connectivity index (χ1n) is 4.26. The van der Waals surface area contributed by atoms with Crippen molar-refractivity contribution in [2.24, 2.45) is 0 Å². The van der Waals surface area contributed by atoms with Crippen LogP contribution in [-0.4, -0.2) is 16.0 Å². The van der Waals surface area contributed by atoms with Crippen molar-refractivity contribution < 1.29 is 19.2 Å². The smallest absolute Gasteiger partial charge is 0.315 e. The van der Waals surface area contributed by atoms with Gasteiger partial charge in [0, 0.05) is 11.6 Å². The molecule has 0 unspecified atom stereocenters. The summed E-state index contributed by atoms with van der Waals surface area (Å²) in [6, 6.07) is 1.64. The Morgan fingerprint density at radius 3 is 2.76 bits per heavy atom. The van der Waals surface area contributed by atoms with Gasteiger partial charge >= 0.3 is 11.7 Å². The van der Waals surface area contributed by atoms with E-state index in [-0.39, 0.29) is 10.6 Å². The number of rotatable bonds is 2. The van der Waals surface area contributed by atoms with Crippen LogP contribution in [-0.2, 0) is 4.79 Å². The number of nitro benzene ring substituents is 1. The summed E-state index contributed by atoms with van der Waals surface area (Å²) < 4.78 is 13.2. The Labute approximate surface area is 100.0 Å². The van der Waals surface area contributed by atoms with Crippen LogP contribution in [0.15, 0.2) is 12.1 Å². The van der Waals surface area contributed by atoms with E-state index in [9.17, 15) is 19.3 Å². The van der Waals surface area contributed by atoms with E-state index < -0.39 is 28.8 Å². The van der Waals surface area contributed by atoms with Crippen LogP contribution in [0.3, 0.4) is 0 Å². The molecule has 7 heteroatoms. The molecule has 0 saturated carbocycles. The number of carboxylic acid groups (broad SMARTS) is 1. The molecule has 0 aromatic heterocycles. The van der Waals surface area contributed by atoms with Crippen LogP contribution < -0.4 is 0 Å². The number of hydrogen-bond acceptors (Lipinski definition) is 3. The summed E-state index contributed by atoms with van der Waals surface area (Å²) in [6.07, 6.45) is -0.422. The summed E-state index contributed by atoms with van der Waals surface area (Å²) in [5.74, 6) is 2.37. The Hall–Kier alpha value is -2.13. The standard InChI is InChI=1S/C10H5ClFNO4/c11-7-5-9(13(16)17)8(12)4-6(7)2-1-3-10(14)15/h4-5H,3H2,(H,14,15). The summed E-state index contributed by atoms with van der Waals surface area (Å²) >= 11 is 5.64. The molecule has 0 spiro atoms. The van der Waals surface area contributed by atoms with Gasteiger partial charge in [0.1, 0.15) is 6.42 Å². The average molecular weight is 258 g/mol. The van der Waals surface area contributed by atoms with Gasteiger partial charge in [0.25, 0.3) is 0 Å². The Morgan fingerprint density at radius 2 is 2.24 bits per heavy atom. The number of carbonyl (C=O) groups is 1. The Bertz CT molecular complexity index is 547. The molecule has 0 aliphatic rings. The van der Waals surface area contributed by atoms with Crippen LogP contribution in [0.1, 0.15) is 12.0 Å². The topological polar surface area (TPSA) is 80.4 Å². The normalized spacial score (nSPS) is 9.29. The van der Waals surface area contributed by atoms with E-state index in [0.717, 1.165) is 12.1 Å². The van der Waals surface area contributed by atoms with Gasteiger partial charge in [0.2, 0.25) is 5.82 Å². The third-order valence-electron chi connectivity index (χ3n) is 1.70. The minimum atomic E-state index is -1.13. The minimum absolute atomic E-state index is 0.0102. The molecule has 1 aromatic rings. The van der Waals surface area contributed by atoms with E-state index >= 15 is 0 Å². The van der Waals surface area contributed by atoms with Crippen LogP contribution in [0.2, 0.25) is 5.02 Å². The number of hydrogen-bond donors (Lipinski definition) is 1. The second-order valence-corrected chi connectivity index (χ2v) is 3.32. The van der Waals surface area contributed by atoms with Gasteiger partial charge in [-0.25, -0.2) is 0 Å². The van der Waals surface area contributed by atoms with E-state index in [1.807, 2.05) is 0 Å². The molecule has 1 rings (SSSR count). The van der Waals surface area contributed by atoms with Crippen molar-refractivity contribution in [3.63, 3.8) is 0 Å². The molecule has 0 aliphatic heterocycles. The first-order chi connectivity index (χ1) is 7.91. The van der Waals surface area contributed by atoms with Crippen molar-refractivity contribution in [1.82, 2.24) is 0 Å². The fraction of sp³-hybridized carbons (Fsp3) is 0.100. The largest absolute Gasteiger partial charge is 0.481 e. The second kappa shape index (κ2) is 5.27.